The molecule has 16 heavy (non-hydrogen) atoms. The van der Waals surface area contributed by atoms with E-state index >= 15 is 0 Å². The van der Waals surface area contributed by atoms with E-state index in [0.717, 1.165) is 0 Å². The van der Waals surface area contributed by atoms with E-state index in [-0.39, 0.29) is 0 Å². The molecule has 0 spiro atoms. The molecule has 0 bridgehead atoms. The van der Waals surface area contributed by atoms with E-state index in [1.807, 2.05) is 17.8 Å². The smallest absolute Gasteiger partial charge is 0.195 e. The van der Waals surface area contributed by atoms with Gasteiger partial charge in [-0.1, -0.05) is 30.3 Å². The normalized spacial score (nSPS) is 20.2. The van der Waals surface area contributed by atoms with Crippen molar-refractivity contribution >= 4 is 36.8 Å². The van der Waals surface area contributed by atoms with Crippen LogP contribution in [-0.2, 0) is 9.05 Å². The number of thioether (sulfide) groups is 2. The third-order valence-corrected chi connectivity index (χ3v) is 7.07. The summed E-state index contributed by atoms with van der Waals surface area (Å²) in [6.07, 6.45) is 0. The highest BCUT2D eigenvalue weighted by atomic mass is 32.2. The summed E-state index contributed by atoms with van der Waals surface area (Å²) in [4.78, 5) is 1.30. The van der Waals surface area contributed by atoms with Gasteiger partial charge in [-0.25, -0.2) is 0 Å². The molecule has 86 valence electrons. The van der Waals surface area contributed by atoms with Gasteiger partial charge in [0.1, 0.15) is 4.32 Å². The maximum absolute atomic E-state index is 5.34. The van der Waals surface area contributed by atoms with Gasteiger partial charge < -0.3 is 9.05 Å². The van der Waals surface area contributed by atoms with Crippen molar-refractivity contribution in [1.82, 2.24) is 0 Å². The van der Waals surface area contributed by atoms with Crippen LogP contribution < -0.4 is 0 Å². The second kappa shape index (κ2) is 6.08. The molecule has 1 atom stereocenters. The molecule has 0 radical (unpaired) electrons. The molecule has 1 aliphatic heterocycles. The average molecular weight is 272 g/mol. The molecule has 2 rings (SSSR count). The molecule has 1 unspecified atom stereocenters. The Hall–Kier alpha value is 0.01000. The lowest BCUT2D eigenvalue weighted by molar-refractivity contribution is 0.343. The van der Waals surface area contributed by atoms with Crippen LogP contribution in [0.5, 0.6) is 0 Å². The van der Waals surface area contributed by atoms with Crippen LogP contribution in [0.15, 0.2) is 35.7 Å². The molecule has 0 saturated heterocycles. The molecular weight excluding hydrogens is 259 g/mol. The molecule has 1 heterocycles. The van der Waals surface area contributed by atoms with E-state index in [1.54, 1.807) is 26.0 Å². The lowest BCUT2D eigenvalue weighted by atomic mass is 10.2. The van der Waals surface area contributed by atoms with Crippen molar-refractivity contribution in [3.8, 4) is 0 Å². The first-order chi connectivity index (χ1) is 7.85. The Kier molecular flexibility index (Phi) is 4.74. The van der Waals surface area contributed by atoms with Gasteiger partial charge in [0, 0.05) is 19.1 Å². The fraction of sp³-hybridized carbons (Fsp3) is 0.273. The SMILES string of the molecule is COP(OC)C1SC=C(c2ccccc2)S1. The van der Waals surface area contributed by atoms with Crippen molar-refractivity contribution in [3.05, 3.63) is 41.3 Å². The van der Waals surface area contributed by atoms with Gasteiger partial charge in [-0.05, 0) is 11.0 Å². The average Bonchev–Trinajstić information content (AvgIpc) is 2.81. The Morgan fingerprint density at radius 3 is 2.44 bits per heavy atom. The molecule has 0 fully saturated rings. The standard InChI is InChI=1S/C11H13O2PS2/c1-12-14(13-2)11-15-8-10(16-11)9-6-4-3-5-7-9/h3-8,11H,1-2H3. The molecule has 1 aromatic carbocycles. The first-order valence-corrected chi connectivity index (χ1v) is 7.87. The summed E-state index contributed by atoms with van der Waals surface area (Å²) in [5, 5.41) is 2.19. The zero-order valence-electron chi connectivity index (χ0n) is 9.12. The minimum atomic E-state index is -0.801. The summed E-state index contributed by atoms with van der Waals surface area (Å²) < 4.78 is 11.0. The highest BCUT2D eigenvalue weighted by Gasteiger charge is 2.29. The largest absolute Gasteiger partial charge is 0.336 e. The fourth-order valence-corrected chi connectivity index (χ4v) is 6.11. The molecule has 5 heteroatoms. The summed E-state index contributed by atoms with van der Waals surface area (Å²) in [5.74, 6) is 0. The zero-order chi connectivity index (χ0) is 11.4. The third-order valence-electron chi connectivity index (χ3n) is 2.11. The van der Waals surface area contributed by atoms with E-state index in [2.05, 4.69) is 29.7 Å². The second-order valence-electron chi connectivity index (χ2n) is 3.06. The second-order valence-corrected chi connectivity index (χ2v) is 8.00. The van der Waals surface area contributed by atoms with E-state index in [4.69, 9.17) is 9.05 Å². The minimum absolute atomic E-state index is 0.347. The maximum atomic E-state index is 5.34. The predicted molar refractivity (Wildman–Crippen MR) is 74.3 cm³/mol. The van der Waals surface area contributed by atoms with Gasteiger partial charge in [-0.15, -0.1) is 23.5 Å². The lowest BCUT2D eigenvalue weighted by Gasteiger charge is -2.17. The van der Waals surface area contributed by atoms with Crippen molar-refractivity contribution < 1.29 is 9.05 Å². The highest BCUT2D eigenvalue weighted by molar-refractivity contribution is 8.31. The zero-order valence-corrected chi connectivity index (χ0v) is 11.6. The van der Waals surface area contributed by atoms with Crippen LogP contribution in [0, 0.1) is 0 Å². The number of benzene rings is 1. The summed E-state index contributed by atoms with van der Waals surface area (Å²) in [7, 11) is 2.61. The van der Waals surface area contributed by atoms with Crippen LogP contribution in [0.4, 0.5) is 0 Å². The molecule has 1 aliphatic rings. The summed E-state index contributed by atoms with van der Waals surface area (Å²) in [5.41, 5.74) is 1.27. The van der Waals surface area contributed by atoms with E-state index < -0.39 is 8.38 Å². The molecule has 0 aliphatic carbocycles. The third kappa shape index (κ3) is 2.82. The molecule has 0 N–H and O–H groups in total. The summed E-state index contributed by atoms with van der Waals surface area (Å²) in [6.45, 7) is 0. The van der Waals surface area contributed by atoms with Gasteiger partial charge in [-0.3, -0.25) is 0 Å². The minimum Gasteiger partial charge on any atom is -0.336 e. The van der Waals surface area contributed by atoms with Crippen LogP contribution >= 0.6 is 31.9 Å². The van der Waals surface area contributed by atoms with Crippen molar-refractivity contribution in [1.29, 1.82) is 0 Å². The topological polar surface area (TPSA) is 18.5 Å². The van der Waals surface area contributed by atoms with Crippen LogP contribution in [0.25, 0.3) is 4.91 Å². The number of rotatable bonds is 4. The van der Waals surface area contributed by atoms with E-state index in [9.17, 15) is 0 Å². The van der Waals surface area contributed by atoms with Crippen LogP contribution in [0.3, 0.4) is 0 Å². The molecule has 0 aromatic heterocycles. The van der Waals surface area contributed by atoms with Gasteiger partial charge >= 0.3 is 0 Å². The van der Waals surface area contributed by atoms with Gasteiger partial charge in [-0.2, -0.15) is 0 Å². The molecular formula is C11H13O2PS2. The maximum Gasteiger partial charge on any atom is 0.195 e. The Balaban J connectivity index is 2.02. The van der Waals surface area contributed by atoms with E-state index in [1.165, 1.54) is 10.5 Å². The van der Waals surface area contributed by atoms with Crippen molar-refractivity contribution in [2.24, 2.45) is 0 Å². The Labute approximate surface area is 106 Å². The van der Waals surface area contributed by atoms with Gasteiger partial charge in [0.25, 0.3) is 0 Å². The molecule has 2 nitrogen and oxygen atoms in total. The van der Waals surface area contributed by atoms with Gasteiger partial charge in [0.2, 0.25) is 0 Å². The quantitative estimate of drug-likeness (QED) is 0.758. The molecule has 0 saturated carbocycles. The van der Waals surface area contributed by atoms with Crippen molar-refractivity contribution in [2.75, 3.05) is 14.2 Å². The number of hydrogen-bond donors (Lipinski definition) is 0. The Morgan fingerprint density at radius 2 is 1.81 bits per heavy atom. The highest BCUT2D eigenvalue weighted by Crippen LogP contribution is 2.60. The number of hydrogen-bond acceptors (Lipinski definition) is 4. The van der Waals surface area contributed by atoms with Crippen LogP contribution in [0.1, 0.15) is 5.56 Å². The Bertz CT molecular complexity index is 366. The molecule has 0 amide bonds. The Morgan fingerprint density at radius 1 is 1.12 bits per heavy atom. The van der Waals surface area contributed by atoms with Crippen LogP contribution in [-0.4, -0.2) is 18.5 Å². The van der Waals surface area contributed by atoms with Crippen molar-refractivity contribution in [3.63, 3.8) is 0 Å². The van der Waals surface area contributed by atoms with Crippen LogP contribution in [0.2, 0.25) is 0 Å². The predicted octanol–water partition coefficient (Wildman–Crippen LogP) is 4.35. The molecule has 1 aromatic rings. The summed E-state index contributed by atoms with van der Waals surface area (Å²) in [6, 6.07) is 10.4. The summed E-state index contributed by atoms with van der Waals surface area (Å²) >= 11 is 3.61. The van der Waals surface area contributed by atoms with Crippen molar-refractivity contribution in [2.45, 2.75) is 4.32 Å². The van der Waals surface area contributed by atoms with E-state index in [0.29, 0.717) is 4.32 Å². The first kappa shape index (κ1) is 12.5. The lowest BCUT2D eigenvalue weighted by Crippen LogP contribution is -1.94. The fourth-order valence-electron chi connectivity index (χ4n) is 1.36. The van der Waals surface area contributed by atoms with Gasteiger partial charge in [0.05, 0.1) is 0 Å². The first-order valence-electron chi connectivity index (χ1n) is 4.80. The van der Waals surface area contributed by atoms with Gasteiger partial charge in [0.15, 0.2) is 8.38 Å². The monoisotopic (exact) mass is 272 g/mol.